The quantitative estimate of drug-likeness (QED) is 0.766. The van der Waals surface area contributed by atoms with Crippen LogP contribution in [-0.2, 0) is 0 Å². The minimum Gasteiger partial charge on any atom is -0.493 e. The first-order valence-corrected chi connectivity index (χ1v) is 8.73. The zero-order valence-electron chi connectivity index (χ0n) is 15.4. The molecule has 140 valence electrons. The first kappa shape index (κ1) is 17.3. The summed E-state index contributed by atoms with van der Waals surface area (Å²) in [7, 11) is 3.41. The fraction of sp³-hybridized carbons (Fsp3) is 0.300. The molecule has 7 heteroatoms. The molecule has 1 N–H and O–H groups in total. The molecule has 0 spiro atoms. The zero-order valence-corrected chi connectivity index (χ0v) is 15.4. The summed E-state index contributed by atoms with van der Waals surface area (Å²) in [4.78, 5) is 21.6. The Balaban J connectivity index is 1.77. The largest absolute Gasteiger partial charge is 0.493 e. The van der Waals surface area contributed by atoms with Gasteiger partial charge in [-0.2, -0.15) is 0 Å². The molecule has 1 atom stereocenters. The minimum absolute atomic E-state index is 0.122. The van der Waals surface area contributed by atoms with E-state index < -0.39 is 0 Å². The number of aryl methyl sites for hydroxylation is 1. The number of nitrogens with zero attached hydrogens (tertiary/aromatic N) is 2. The lowest BCUT2D eigenvalue weighted by Gasteiger charge is -2.27. The molecule has 1 aliphatic rings. The highest BCUT2D eigenvalue weighted by Crippen LogP contribution is 2.38. The molecule has 6 nitrogen and oxygen atoms in total. The lowest BCUT2D eigenvalue weighted by molar-refractivity contribution is 0.0826. The van der Waals surface area contributed by atoms with Crippen LogP contribution in [-0.4, -0.2) is 41.5 Å². The Morgan fingerprint density at radius 1 is 1.33 bits per heavy atom. The highest BCUT2D eigenvalue weighted by Gasteiger charge is 2.25. The Morgan fingerprint density at radius 3 is 2.93 bits per heavy atom. The van der Waals surface area contributed by atoms with Crippen LogP contribution in [0.2, 0.25) is 0 Å². The predicted molar refractivity (Wildman–Crippen MR) is 98.7 cm³/mol. The maximum atomic E-state index is 13.5. The molecule has 0 fully saturated rings. The van der Waals surface area contributed by atoms with Crippen molar-refractivity contribution in [2.24, 2.45) is 0 Å². The van der Waals surface area contributed by atoms with E-state index in [4.69, 9.17) is 9.47 Å². The van der Waals surface area contributed by atoms with Crippen LogP contribution in [0.25, 0.3) is 11.0 Å². The van der Waals surface area contributed by atoms with Crippen molar-refractivity contribution in [3.05, 3.63) is 53.1 Å². The van der Waals surface area contributed by atoms with Crippen LogP contribution in [0.3, 0.4) is 0 Å². The van der Waals surface area contributed by atoms with Crippen molar-refractivity contribution in [1.82, 2.24) is 14.9 Å². The van der Waals surface area contributed by atoms with E-state index in [2.05, 4.69) is 9.97 Å². The Labute approximate surface area is 155 Å². The first-order valence-electron chi connectivity index (χ1n) is 8.73. The Morgan fingerprint density at radius 2 is 2.15 bits per heavy atom. The molecule has 2 heterocycles. The molecular weight excluding hydrogens is 349 g/mol. The topological polar surface area (TPSA) is 67.5 Å². The third-order valence-electron chi connectivity index (χ3n) is 4.55. The number of carbonyl (C=O) groups excluding carboxylic acids is 1. The highest BCUT2D eigenvalue weighted by atomic mass is 19.1. The van der Waals surface area contributed by atoms with E-state index >= 15 is 0 Å². The molecule has 4 rings (SSSR count). The highest BCUT2D eigenvalue weighted by molar-refractivity contribution is 5.99. The van der Waals surface area contributed by atoms with Gasteiger partial charge in [-0.25, -0.2) is 9.37 Å². The van der Waals surface area contributed by atoms with Gasteiger partial charge in [0, 0.05) is 37.7 Å². The Kier molecular flexibility index (Phi) is 4.22. The van der Waals surface area contributed by atoms with Gasteiger partial charge in [0.25, 0.3) is 5.91 Å². The van der Waals surface area contributed by atoms with Crippen molar-refractivity contribution in [2.45, 2.75) is 19.4 Å². The number of aromatic nitrogens is 2. The van der Waals surface area contributed by atoms with E-state index in [-0.39, 0.29) is 17.8 Å². The number of aromatic amines is 1. The number of amides is 1. The fourth-order valence-corrected chi connectivity index (χ4v) is 3.29. The van der Waals surface area contributed by atoms with Gasteiger partial charge in [-0.15, -0.1) is 0 Å². The molecule has 0 unspecified atom stereocenters. The van der Waals surface area contributed by atoms with Crippen LogP contribution in [0.4, 0.5) is 4.39 Å². The van der Waals surface area contributed by atoms with Crippen LogP contribution in [0.5, 0.6) is 11.5 Å². The van der Waals surface area contributed by atoms with Gasteiger partial charge in [0.05, 0.1) is 12.1 Å². The first-order chi connectivity index (χ1) is 12.9. The average molecular weight is 369 g/mol. The molecule has 0 radical (unpaired) electrons. The van der Waals surface area contributed by atoms with Crippen molar-refractivity contribution < 1.29 is 18.7 Å². The Bertz CT molecular complexity index is 1030. The maximum absolute atomic E-state index is 13.5. The van der Waals surface area contributed by atoms with Crippen LogP contribution in [0.1, 0.15) is 34.3 Å². The number of hydrogen-bond acceptors (Lipinski definition) is 4. The second kappa shape index (κ2) is 6.57. The van der Waals surface area contributed by atoms with Crippen LogP contribution in [0, 0.1) is 12.7 Å². The number of H-pyrrole nitrogens is 1. The molecule has 0 saturated heterocycles. The molecule has 1 aromatic heterocycles. The van der Waals surface area contributed by atoms with E-state index in [0.29, 0.717) is 35.6 Å². The minimum atomic E-state index is -0.349. The van der Waals surface area contributed by atoms with Crippen molar-refractivity contribution in [3.63, 3.8) is 0 Å². The van der Waals surface area contributed by atoms with E-state index in [1.165, 1.54) is 17.0 Å². The van der Waals surface area contributed by atoms with Gasteiger partial charge in [-0.05, 0) is 31.2 Å². The molecule has 1 amide bonds. The van der Waals surface area contributed by atoms with Gasteiger partial charge < -0.3 is 19.4 Å². The number of halogens is 1. The second-order valence-electron chi connectivity index (χ2n) is 6.82. The number of benzene rings is 2. The van der Waals surface area contributed by atoms with Gasteiger partial charge in [-0.1, -0.05) is 0 Å². The predicted octanol–water partition coefficient (Wildman–Crippen LogP) is 3.61. The summed E-state index contributed by atoms with van der Waals surface area (Å²) in [5, 5.41) is 0. The van der Waals surface area contributed by atoms with E-state index in [0.717, 1.165) is 16.9 Å². The average Bonchev–Trinajstić information content (AvgIpc) is 3.01. The summed E-state index contributed by atoms with van der Waals surface area (Å²) in [6, 6.07) is 7.92. The van der Waals surface area contributed by atoms with Crippen LogP contribution >= 0.6 is 0 Å². The molecular formula is C20H20FN3O3. The number of hydrogen-bond donors (Lipinski definition) is 1. The monoisotopic (exact) mass is 369 g/mol. The number of nitrogens with one attached hydrogen (secondary N) is 1. The molecule has 2 aromatic carbocycles. The Hall–Kier alpha value is -3.09. The van der Waals surface area contributed by atoms with Crippen molar-refractivity contribution in [2.75, 3.05) is 20.7 Å². The van der Waals surface area contributed by atoms with Crippen molar-refractivity contribution in [1.29, 1.82) is 0 Å². The SMILES string of the molecule is Cc1nc2c(O[C@H]3CCOc4cc(F)ccc43)cc(C(=O)N(C)C)cc2[nH]1. The molecule has 3 aromatic rings. The molecule has 0 bridgehead atoms. The molecule has 0 saturated carbocycles. The smallest absolute Gasteiger partial charge is 0.253 e. The number of fused-ring (bicyclic) bond motifs is 2. The summed E-state index contributed by atoms with van der Waals surface area (Å²) in [5.74, 6) is 1.27. The van der Waals surface area contributed by atoms with Crippen molar-refractivity contribution >= 4 is 16.9 Å². The van der Waals surface area contributed by atoms with Crippen LogP contribution in [0.15, 0.2) is 30.3 Å². The zero-order chi connectivity index (χ0) is 19.1. The van der Waals surface area contributed by atoms with E-state index in [1.807, 2.05) is 6.92 Å². The van der Waals surface area contributed by atoms with Gasteiger partial charge in [0.1, 0.15) is 34.8 Å². The number of rotatable bonds is 3. The third-order valence-corrected chi connectivity index (χ3v) is 4.55. The second-order valence-corrected chi connectivity index (χ2v) is 6.82. The lowest BCUT2D eigenvalue weighted by atomic mass is 10.0. The van der Waals surface area contributed by atoms with Gasteiger partial charge in [-0.3, -0.25) is 4.79 Å². The number of carbonyl (C=O) groups is 1. The van der Waals surface area contributed by atoms with Gasteiger partial charge in [0.2, 0.25) is 0 Å². The van der Waals surface area contributed by atoms with Gasteiger partial charge in [0.15, 0.2) is 0 Å². The third kappa shape index (κ3) is 3.20. The van der Waals surface area contributed by atoms with Gasteiger partial charge >= 0.3 is 0 Å². The normalized spacial score (nSPS) is 15.9. The summed E-state index contributed by atoms with van der Waals surface area (Å²) >= 11 is 0. The summed E-state index contributed by atoms with van der Waals surface area (Å²) in [6.07, 6.45) is 0.314. The molecule has 1 aliphatic heterocycles. The summed E-state index contributed by atoms with van der Waals surface area (Å²) in [6.45, 7) is 2.28. The van der Waals surface area contributed by atoms with E-state index in [1.54, 1.807) is 32.3 Å². The molecule has 27 heavy (non-hydrogen) atoms. The van der Waals surface area contributed by atoms with E-state index in [9.17, 15) is 9.18 Å². The number of imidazole rings is 1. The van der Waals surface area contributed by atoms with Crippen molar-refractivity contribution in [3.8, 4) is 11.5 Å². The molecule has 0 aliphatic carbocycles. The lowest BCUT2D eigenvalue weighted by Crippen LogP contribution is -2.22. The summed E-state index contributed by atoms with van der Waals surface area (Å²) in [5.41, 5.74) is 2.70. The van der Waals surface area contributed by atoms with Crippen LogP contribution < -0.4 is 9.47 Å². The maximum Gasteiger partial charge on any atom is 0.253 e. The number of ether oxygens (including phenoxy) is 2. The standard InChI is InChI=1S/C20H20FN3O3/c1-11-22-15-8-12(20(25)24(2)3)9-18(19(15)23-11)27-16-6-7-26-17-10-13(21)4-5-14(16)17/h4-5,8-10,16H,6-7H2,1-3H3,(H,22,23)/t16-/m0/s1. The summed E-state index contributed by atoms with van der Waals surface area (Å²) < 4.78 is 25.3. The fourth-order valence-electron chi connectivity index (χ4n) is 3.29.